The number of nitrogens with one attached hydrogen (secondary N) is 1. The summed E-state index contributed by atoms with van der Waals surface area (Å²) in [5.41, 5.74) is 2.12. The molecule has 0 aliphatic rings. The second-order valence-electron chi connectivity index (χ2n) is 3.29. The Labute approximate surface area is 95.2 Å². The molecule has 7 heteroatoms. The van der Waals surface area contributed by atoms with Crippen LogP contribution in [0.1, 0.15) is 17.2 Å². The topological polar surface area (TPSA) is 72.3 Å². The summed E-state index contributed by atoms with van der Waals surface area (Å²) in [5.74, 6) is 0.707. The van der Waals surface area contributed by atoms with Crippen LogP contribution in [0.2, 0.25) is 0 Å². The first kappa shape index (κ1) is 10.3. The van der Waals surface area contributed by atoms with E-state index in [1.54, 1.807) is 0 Å². The summed E-state index contributed by atoms with van der Waals surface area (Å²) in [6, 6.07) is 0. The zero-order valence-electron chi connectivity index (χ0n) is 8.53. The Morgan fingerprint density at radius 3 is 2.73 bits per heavy atom. The minimum Gasteiger partial charge on any atom is -0.268 e. The zero-order chi connectivity index (χ0) is 10.8. The first-order valence-corrected chi connectivity index (χ1v) is 5.39. The van der Waals surface area contributed by atoms with Crippen molar-refractivity contribution in [2.75, 3.05) is 0 Å². The number of aromatic nitrogens is 6. The molecule has 2 rings (SSSR count). The van der Waals surface area contributed by atoms with E-state index in [1.807, 2.05) is 18.5 Å². The third-order valence-electron chi connectivity index (χ3n) is 2.23. The van der Waals surface area contributed by atoms with Gasteiger partial charge in [-0.05, 0) is 29.8 Å². The Hall–Kier alpha value is -1.24. The van der Waals surface area contributed by atoms with Gasteiger partial charge in [0.05, 0.1) is 10.2 Å². The lowest BCUT2D eigenvalue weighted by Crippen LogP contribution is -2.06. The number of H-pyrrole nitrogens is 1. The molecule has 0 atom stereocenters. The molecule has 0 aliphatic heterocycles. The highest BCUT2D eigenvalue weighted by molar-refractivity contribution is 9.10. The van der Waals surface area contributed by atoms with Crippen LogP contribution in [0.25, 0.3) is 0 Å². The maximum absolute atomic E-state index is 4.39. The van der Waals surface area contributed by atoms with Gasteiger partial charge in [-0.25, -0.2) is 0 Å². The van der Waals surface area contributed by atoms with E-state index in [9.17, 15) is 0 Å². The molecule has 6 nitrogen and oxygen atoms in total. The molecule has 0 saturated heterocycles. The molecule has 0 aliphatic carbocycles. The molecule has 0 aromatic carbocycles. The van der Waals surface area contributed by atoms with Crippen LogP contribution in [0.5, 0.6) is 0 Å². The Kier molecular flexibility index (Phi) is 2.81. The van der Waals surface area contributed by atoms with Crippen molar-refractivity contribution in [1.29, 1.82) is 0 Å². The highest BCUT2D eigenvalue weighted by Crippen LogP contribution is 2.19. The van der Waals surface area contributed by atoms with Crippen molar-refractivity contribution in [3.63, 3.8) is 0 Å². The Morgan fingerprint density at radius 2 is 2.20 bits per heavy atom. The minimum atomic E-state index is 0.707. The average Bonchev–Trinajstić information content (AvgIpc) is 2.80. The summed E-state index contributed by atoms with van der Waals surface area (Å²) in [6.45, 7) is 4.76. The van der Waals surface area contributed by atoms with Gasteiger partial charge in [-0.3, -0.25) is 4.68 Å². The maximum Gasteiger partial charge on any atom is 0.176 e. The molecule has 2 aromatic heterocycles. The largest absolute Gasteiger partial charge is 0.268 e. The third kappa shape index (κ3) is 2.06. The van der Waals surface area contributed by atoms with E-state index in [0.29, 0.717) is 5.82 Å². The molecule has 2 heterocycles. The predicted molar refractivity (Wildman–Crippen MR) is 57.3 cm³/mol. The highest BCUT2D eigenvalue weighted by atomic mass is 79.9. The van der Waals surface area contributed by atoms with E-state index in [1.165, 1.54) is 0 Å². The van der Waals surface area contributed by atoms with E-state index in [4.69, 9.17) is 0 Å². The van der Waals surface area contributed by atoms with E-state index in [0.717, 1.165) is 28.8 Å². The summed E-state index contributed by atoms with van der Waals surface area (Å²) in [6.07, 6.45) is 0.727. The summed E-state index contributed by atoms with van der Waals surface area (Å²) < 4.78 is 3.01. The number of rotatable bonds is 3. The number of tetrazole rings is 1. The van der Waals surface area contributed by atoms with E-state index < -0.39 is 0 Å². The molecule has 0 spiro atoms. The SMILES string of the molecule is Cc1nn(CCc2nn[nH]n2)c(C)c1Br. The highest BCUT2D eigenvalue weighted by Gasteiger charge is 2.09. The van der Waals surface area contributed by atoms with E-state index >= 15 is 0 Å². The van der Waals surface area contributed by atoms with Crippen LogP contribution in [-0.2, 0) is 13.0 Å². The van der Waals surface area contributed by atoms with Crippen molar-refractivity contribution >= 4 is 15.9 Å². The number of hydrogen-bond donors (Lipinski definition) is 1. The zero-order valence-corrected chi connectivity index (χ0v) is 10.1. The second-order valence-corrected chi connectivity index (χ2v) is 4.08. The van der Waals surface area contributed by atoms with Gasteiger partial charge in [0.1, 0.15) is 0 Å². The molecule has 0 radical (unpaired) electrons. The molecule has 80 valence electrons. The number of hydrogen-bond acceptors (Lipinski definition) is 4. The first-order valence-electron chi connectivity index (χ1n) is 4.60. The summed E-state index contributed by atoms with van der Waals surface area (Å²) >= 11 is 3.49. The van der Waals surface area contributed by atoms with E-state index in [2.05, 4.69) is 41.7 Å². The lowest BCUT2D eigenvalue weighted by Gasteiger charge is -2.01. The van der Waals surface area contributed by atoms with Crippen molar-refractivity contribution in [1.82, 2.24) is 30.4 Å². The fourth-order valence-corrected chi connectivity index (χ4v) is 1.67. The van der Waals surface area contributed by atoms with Gasteiger partial charge < -0.3 is 0 Å². The molecular formula is C8H11BrN6. The van der Waals surface area contributed by atoms with Gasteiger partial charge in [0.25, 0.3) is 0 Å². The fourth-order valence-electron chi connectivity index (χ4n) is 1.39. The molecular weight excluding hydrogens is 260 g/mol. The van der Waals surface area contributed by atoms with Crippen LogP contribution in [0.3, 0.4) is 0 Å². The smallest absolute Gasteiger partial charge is 0.176 e. The Bertz CT molecular complexity index is 446. The number of nitrogens with zero attached hydrogens (tertiary/aromatic N) is 5. The van der Waals surface area contributed by atoms with Gasteiger partial charge in [-0.2, -0.15) is 10.3 Å². The second kappa shape index (κ2) is 4.09. The third-order valence-corrected chi connectivity index (χ3v) is 3.38. The first-order chi connectivity index (χ1) is 7.18. The van der Waals surface area contributed by atoms with Gasteiger partial charge in [0.15, 0.2) is 5.82 Å². The molecule has 0 unspecified atom stereocenters. The van der Waals surface area contributed by atoms with Crippen LogP contribution in [-0.4, -0.2) is 30.4 Å². The van der Waals surface area contributed by atoms with Crippen molar-refractivity contribution in [3.05, 3.63) is 21.7 Å². The van der Waals surface area contributed by atoms with Crippen LogP contribution in [0.4, 0.5) is 0 Å². The van der Waals surface area contributed by atoms with Crippen LogP contribution in [0, 0.1) is 13.8 Å². The summed E-state index contributed by atoms with van der Waals surface area (Å²) in [7, 11) is 0. The lowest BCUT2D eigenvalue weighted by molar-refractivity contribution is 0.581. The molecule has 0 amide bonds. The molecule has 15 heavy (non-hydrogen) atoms. The minimum absolute atomic E-state index is 0.707. The van der Waals surface area contributed by atoms with Crippen LogP contribution < -0.4 is 0 Å². The van der Waals surface area contributed by atoms with Crippen molar-refractivity contribution in [3.8, 4) is 0 Å². The van der Waals surface area contributed by atoms with Gasteiger partial charge in [-0.1, -0.05) is 5.21 Å². The molecule has 1 N–H and O–H groups in total. The van der Waals surface area contributed by atoms with Crippen molar-refractivity contribution in [2.24, 2.45) is 0 Å². The van der Waals surface area contributed by atoms with Crippen LogP contribution >= 0.6 is 15.9 Å². The molecule has 2 aromatic rings. The molecule has 0 bridgehead atoms. The lowest BCUT2D eigenvalue weighted by atomic mass is 10.4. The number of aromatic amines is 1. The summed E-state index contributed by atoms with van der Waals surface area (Å²) in [4.78, 5) is 0. The fraction of sp³-hybridized carbons (Fsp3) is 0.500. The van der Waals surface area contributed by atoms with E-state index in [-0.39, 0.29) is 0 Å². The summed E-state index contributed by atoms with van der Waals surface area (Å²) in [5, 5.41) is 18.1. The Morgan fingerprint density at radius 1 is 1.40 bits per heavy atom. The van der Waals surface area contributed by atoms with Gasteiger partial charge >= 0.3 is 0 Å². The maximum atomic E-state index is 4.39. The number of aryl methyl sites for hydroxylation is 3. The average molecular weight is 271 g/mol. The van der Waals surface area contributed by atoms with Gasteiger partial charge in [-0.15, -0.1) is 10.2 Å². The van der Waals surface area contributed by atoms with Gasteiger partial charge in [0, 0.05) is 18.7 Å². The van der Waals surface area contributed by atoms with Crippen molar-refractivity contribution in [2.45, 2.75) is 26.8 Å². The predicted octanol–water partition coefficient (Wildman–Crippen LogP) is 1.02. The standard InChI is InChI=1S/C8H11BrN6/c1-5-8(9)6(2)15(12-5)4-3-7-10-13-14-11-7/h3-4H2,1-2H3,(H,10,11,13,14). The van der Waals surface area contributed by atoms with Gasteiger partial charge in [0.2, 0.25) is 0 Å². The monoisotopic (exact) mass is 270 g/mol. The molecule has 0 saturated carbocycles. The van der Waals surface area contributed by atoms with Crippen LogP contribution in [0.15, 0.2) is 4.47 Å². The quantitative estimate of drug-likeness (QED) is 0.904. The Balaban J connectivity index is 2.08. The molecule has 0 fully saturated rings. The van der Waals surface area contributed by atoms with Crippen molar-refractivity contribution < 1.29 is 0 Å². The number of halogens is 1. The normalized spacial score (nSPS) is 10.9.